The van der Waals surface area contributed by atoms with Crippen LogP contribution in [0.4, 0.5) is 0 Å². The van der Waals surface area contributed by atoms with E-state index in [-0.39, 0.29) is 11.7 Å². The van der Waals surface area contributed by atoms with Crippen LogP contribution in [0.2, 0.25) is 5.02 Å². The van der Waals surface area contributed by atoms with E-state index in [1.807, 2.05) is 41.1 Å². The summed E-state index contributed by atoms with van der Waals surface area (Å²) < 4.78 is 1.92. The first-order chi connectivity index (χ1) is 12.5. The molecule has 2 heterocycles. The van der Waals surface area contributed by atoms with Crippen molar-refractivity contribution in [1.82, 2.24) is 14.9 Å². The van der Waals surface area contributed by atoms with Crippen LogP contribution in [-0.2, 0) is 11.3 Å². The molecule has 5 nitrogen and oxygen atoms in total. The van der Waals surface area contributed by atoms with E-state index < -0.39 is 0 Å². The zero-order chi connectivity index (χ0) is 18.5. The molecule has 0 aliphatic rings. The topological polar surface area (TPSA) is 64.0 Å². The van der Waals surface area contributed by atoms with Crippen molar-refractivity contribution in [3.63, 3.8) is 0 Å². The van der Waals surface area contributed by atoms with Crippen molar-refractivity contribution in [3.05, 3.63) is 63.6 Å². The Hall–Kier alpha value is -2.09. The number of carbonyl (C=O) groups excluding carboxylic acids is 2. The van der Waals surface area contributed by atoms with Gasteiger partial charge in [0.1, 0.15) is 0 Å². The van der Waals surface area contributed by atoms with Crippen LogP contribution in [-0.4, -0.2) is 27.0 Å². The summed E-state index contributed by atoms with van der Waals surface area (Å²) in [6, 6.07) is 11.1. The second kappa shape index (κ2) is 8.53. The molecule has 1 aromatic carbocycles. The monoisotopic (exact) mass is 405 g/mol. The first-order valence-electron chi connectivity index (χ1n) is 7.81. The average molecular weight is 406 g/mol. The van der Waals surface area contributed by atoms with E-state index in [4.69, 9.17) is 11.6 Å². The number of amides is 1. The van der Waals surface area contributed by atoms with Crippen LogP contribution >= 0.6 is 34.7 Å². The second-order valence-electron chi connectivity index (χ2n) is 5.44. The van der Waals surface area contributed by atoms with Crippen LogP contribution in [0.15, 0.2) is 53.9 Å². The van der Waals surface area contributed by atoms with Gasteiger partial charge in [-0.05, 0) is 36.4 Å². The maximum Gasteiger partial charge on any atom is 0.217 e. The van der Waals surface area contributed by atoms with Gasteiger partial charge in [-0.25, -0.2) is 4.98 Å². The van der Waals surface area contributed by atoms with Crippen molar-refractivity contribution in [2.24, 2.45) is 0 Å². The van der Waals surface area contributed by atoms with Gasteiger partial charge in [-0.2, -0.15) is 0 Å². The molecule has 0 radical (unpaired) electrons. The van der Waals surface area contributed by atoms with E-state index in [9.17, 15) is 9.59 Å². The summed E-state index contributed by atoms with van der Waals surface area (Å²) in [5.41, 5.74) is 0.940. The maximum absolute atomic E-state index is 12.4. The molecule has 0 atom stereocenters. The second-order valence-corrected chi connectivity index (χ2v) is 7.99. The number of halogens is 1. The minimum Gasteiger partial charge on any atom is -0.351 e. The van der Waals surface area contributed by atoms with E-state index in [1.165, 1.54) is 30.0 Å². The van der Waals surface area contributed by atoms with Gasteiger partial charge in [-0.15, -0.1) is 11.3 Å². The largest absolute Gasteiger partial charge is 0.351 e. The zero-order valence-corrected chi connectivity index (χ0v) is 16.3. The standard InChI is InChI=1S/C18H16ClN3O2S2/c1-12(23)21-10-15-6-7-17(26-15)16(24)11-25-18-20-8-9-22(18)14-4-2-13(19)3-5-14/h2-9H,10-11H2,1H3,(H,21,23). The summed E-state index contributed by atoms with van der Waals surface area (Å²) >= 11 is 8.72. The Balaban J connectivity index is 1.63. The highest BCUT2D eigenvalue weighted by molar-refractivity contribution is 7.99. The van der Waals surface area contributed by atoms with E-state index in [0.717, 1.165) is 15.7 Å². The number of hydrogen-bond donors (Lipinski definition) is 1. The third-order valence-electron chi connectivity index (χ3n) is 3.49. The quantitative estimate of drug-likeness (QED) is 0.472. The molecule has 3 rings (SSSR count). The van der Waals surface area contributed by atoms with E-state index in [1.54, 1.807) is 12.3 Å². The fourth-order valence-corrected chi connectivity index (χ4v) is 4.19. The normalized spacial score (nSPS) is 10.7. The number of thioether (sulfide) groups is 1. The Bertz CT molecular complexity index is 919. The van der Waals surface area contributed by atoms with E-state index in [2.05, 4.69) is 10.3 Å². The number of rotatable bonds is 7. The van der Waals surface area contributed by atoms with Crippen molar-refractivity contribution in [1.29, 1.82) is 0 Å². The van der Waals surface area contributed by atoms with Gasteiger partial charge in [-0.3, -0.25) is 14.2 Å². The molecule has 0 saturated carbocycles. The highest BCUT2D eigenvalue weighted by Gasteiger charge is 2.13. The Labute approximate surface area is 164 Å². The molecule has 0 fully saturated rings. The summed E-state index contributed by atoms with van der Waals surface area (Å²) in [7, 11) is 0. The van der Waals surface area contributed by atoms with Crippen LogP contribution in [0.25, 0.3) is 5.69 Å². The van der Waals surface area contributed by atoms with Crippen molar-refractivity contribution in [2.75, 3.05) is 5.75 Å². The first-order valence-corrected chi connectivity index (χ1v) is 9.99. The number of aromatic nitrogens is 2. The van der Waals surface area contributed by atoms with E-state index >= 15 is 0 Å². The summed E-state index contributed by atoms with van der Waals surface area (Å²) in [6.07, 6.45) is 3.56. The molecular weight excluding hydrogens is 390 g/mol. The molecule has 2 aromatic heterocycles. The lowest BCUT2D eigenvalue weighted by Crippen LogP contribution is -2.18. The van der Waals surface area contributed by atoms with Gasteiger partial charge in [0, 0.05) is 34.9 Å². The van der Waals surface area contributed by atoms with Crippen molar-refractivity contribution in [3.8, 4) is 5.69 Å². The molecular formula is C18H16ClN3O2S2. The molecule has 26 heavy (non-hydrogen) atoms. The molecule has 0 spiro atoms. The summed E-state index contributed by atoms with van der Waals surface area (Å²) in [5.74, 6) is 0.251. The summed E-state index contributed by atoms with van der Waals surface area (Å²) in [4.78, 5) is 29.4. The molecule has 134 valence electrons. The SMILES string of the molecule is CC(=O)NCc1ccc(C(=O)CSc2nccn2-c2ccc(Cl)cc2)s1. The van der Waals surface area contributed by atoms with Gasteiger partial charge in [0.2, 0.25) is 5.91 Å². The number of hydrogen-bond acceptors (Lipinski definition) is 5. The van der Waals surface area contributed by atoms with Crippen LogP contribution in [0.3, 0.4) is 0 Å². The predicted molar refractivity (Wildman–Crippen MR) is 105 cm³/mol. The highest BCUT2D eigenvalue weighted by Crippen LogP contribution is 2.24. The van der Waals surface area contributed by atoms with Crippen LogP contribution in [0, 0.1) is 0 Å². The number of imidazole rings is 1. The summed E-state index contributed by atoms with van der Waals surface area (Å²) in [5, 5.41) is 4.15. The Morgan fingerprint density at radius 2 is 2.00 bits per heavy atom. The van der Waals surface area contributed by atoms with Gasteiger partial charge in [0.25, 0.3) is 0 Å². The average Bonchev–Trinajstić information content (AvgIpc) is 3.28. The van der Waals surface area contributed by atoms with Crippen LogP contribution < -0.4 is 5.32 Å². The molecule has 1 amide bonds. The number of ketones is 1. The van der Waals surface area contributed by atoms with Crippen LogP contribution in [0.5, 0.6) is 0 Å². The molecule has 0 bridgehead atoms. The number of benzene rings is 1. The van der Waals surface area contributed by atoms with Crippen molar-refractivity contribution < 1.29 is 9.59 Å². The highest BCUT2D eigenvalue weighted by atomic mass is 35.5. The summed E-state index contributed by atoms with van der Waals surface area (Å²) in [6.45, 7) is 1.92. The maximum atomic E-state index is 12.4. The molecule has 3 aromatic rings. The molecule has 1 N–H and O–H groups in total. The number of nitrogens with zero attached hydrogens (tertiary/aromatic N) is 2. The minimum atomic E-state index is -0.0872. The zero-order valence-electron chi connectivity index (χ0n) is 13.9. The minimum absolute atomic E-state index is 0.0414. The lowest BCUT2D eigenvalue weighted by Gasteiger charge is -2.07. The van der Waals surface area contributed by atoms with Gasteiger partial charge in [0.15, 0.2) is 10.9 Å². The van der Waals surface area contributed by atoms with Gasteiger partial charge < -0.3 is 5.32 Å². The van der Waals surface area contributed by atoms with Gasteiger partial charge >= 0.3 is 0 Å². The lowest BCUT2D eigenvalue weighted by atomic mass is 10.3. The third kappa shape index (κ3) is 4.75. The van der Waals surface area contributed by atoms with Crippen molar-refractivity contribution in [2.45, 2.75) is 18.6 Å². The number of thiophene rings is 1. The lowest BCUT2D eigenvalue weighted by molar-refractivity contribution is -0.119. The molecule has 0 saturated heterocycles. The smallest absolute Gasteiger partial charge is 0.217 e. The number of Topliss-reactive ketones (excluding diaryl/α,β-unsaturated/α-hetero) is 1. The van der Waals surface area contributed by atoms with E-state index in [0.29, 0.717) is 22.2 Å². The Kier molecular flexibility index (Phi) is 6.13. The Morgan fingerprint density at radius 1 is 1.23 bits per heavy atom. The van der Waals surface area contributed by atoms with Gasteiger partial charge in [0.05, 0.1) is 17.2 Å². The fourth-order valence-electron chi connectivity index (χ4n) is 2.23. The number of nitrogens with one attached hydrogen (secondary N) is 1. The Morgan fingerprint density at radius 3 is 2.73 bits per heavy atom. The molecule has 0 unspecified atom stereocenters. The number of carbonyl (C=O) groups is 2. The van der Waals surface area contributed by atoms with Gasteiger partial charge in [-0.1, -0.05) is 23.4 Å². The molecule has 0 aliphatic heterocycles. The van der Waals surface area contributed by atoms with Crippen molar-refractivity contribution >= 4 is 46.4 Å². The fraction of sp³-hybridized carbons (Fsp3) is 0.167. The third-order valence-corrected chi connectivity index (χ3v) is 5.84. The van der Waals surface area contributed by atoms with Crippen LogP contribution in [0.1, 0.15) is 21.5 Å². The predicted octanol–water partition coefficient (Wildman–Crippen LogP) is 4.20. The molecule has 8 heteroatoms. The molecule has 0 aliphatic carbocycles. The first kappa shape index (κ1) is 18.7.